The van der Waals surface area contributed by atoms with Gasteiger partial charge in [0.15, 0.2) is 22.4 Å². The van der Waals surface area contributed by atoms with Crippen molar-refractivity contribution >= 4 is 45.6 Å². The van der Waals surface area contributed by atoms with Gasteiger partial charge in [0, 0.05) is 63.7 Å². The molecule has 12 nitrogen and oxygen atoms in total. The standard InChI is InChI=1S/C28H29FN6O6S/c1-33(6-7-41-9-8-40-2)19-4-3-18(31-13-19)11-23(36)17-14-34(15-17)26-22(29)12-20-24(37)21(27(38)39)16-35(25(20)32-26)28-30-5-10-42-28/h3-5,10,12-13,16-17H,6-9,11,14-15H2,1-2H3,(H,38,39). The number of ketones is 1. The summed E-state index contributed by atoms with van der Waals surface area (Å²) in [4.78, 5) is 54.0. The number of likely N-dealkylation sites (N-methyl/N-ethyl adjacent to an activating group) is 1. The van der Waals surface area contributed by atoms with E-state index in [1.165, 1.54) is 22.1 Å². The fourth-order valence-electron chi connectivity index (χ4n) is 4.57. The molecule has 1 N–H and O–H groups in total. The van der Waals surface area contributed by atoms with E-state index in [0.29, 0.717) is 37.2 Å². The zero-order valence-corrected chi connectivity index (χ0v) is 23.8. The van der Waals surface area contributed by atoms with Crippen LogP contribution in [0, 0.1) is 11.7 Å². The van der Waals surface area contributed by atoms with Gasteiger partial charge >= 0.3 is 5.97 Å². The Hall–Kier alpha value is -4.27. The molecule has 0 bridgehead atoms. The molecule has 1 fully saturated rings. The number of fused-ring (bicyclic) bond motifs is 1. The number of carbonyl (C=O) groups excluding carboxylic acids is 1. The Morgan fingerprint density at radius 1 is 1.21 bits per heavy atom. The fourth-order valence-corrected chi connectivity index (χ4v) is 5.19. The summed E-state index contributed by atoms with van der Waals surface area (Å²) in [6.07, 6.45) is 4.55. The zero-order chi connectivity index (χ0) is 29.8. The van der Waals surface area contributed by atoms with E-state index in [1.807, 2.05) is 24.1 Å². The summed E-state index contributed by atoms with van der Waals surface area (Å²) >= 11 is 1.22. The third-order valence-corrected chi connectivity index (χ3v) is 7.78. The van der Waals surface area contributed by atoms with E-state index in [-0.39, 0.29) is 48.1 Å². The lowest BCUT2D eigenvalue weighted by molar-refractivity contribution is -0.123. The Morgan fingerprint density at radius 2 is 2.02 bits per heavy atom. The zero-order valence-electron chi connectivity index (χ0n) is 23.0. The van der Waals surface area contributed by atoms with Gasteiger partial charge in [0.1, 0.15) is 11.3 Å². The normalized spacial score (nSPS) is 13.4. The van der Waals surface area contributed by atoms with Gasteiger partial charge in [-0.25, -0.2) is 19.2 Å². The molecule has 220 valence electrons. The molecule has 5 rings (SSSR count). The number of methoxy groups -OCH3 is 1. The van der Waals surface area contributed by atoms with Crippen molar-refractivity contribution in [3.8, 4) is 5.13 Å². The Morgan fingerprint density at radius 3 is 2.69 bits per heavy atom. The number of nitrogens with zero attached hydrogens (tertiary/aromatic N) is 6. The molecule has 0 atom stereocenters. The fraction of sp³-hybridized carbons (Fsp3) is 0.357. The average molecular weight is 597 g/mol. The summed E-state index contributed by atoms with van der Waals surface area (Å²) in [6.45, 7) is 2.83. The molecular weight excluding hydrogens is 567 g/mol. The number of rotatable bonds is 13. The van der Waals surface area contributed by atoms with Crippen molar-refractivity contribution in [1.82, 2.24) is 19.5 Å². The molecule has 0 aromatic carbocycles. The summed E-state index contributed by atoms with van der Waals surface area (Å²) in [6, 6.07) is 4.73. The molecule has 0 aliphatic carbocycles. The van der Waals surface area contributed by atoms with E-state index < -0.39 is 22.8 Å². The van der Waals surface area contributed by atoms with Crippen molar-refractivity contribution < 1.29 is 28.6 Å². The molecule has 0 radical (unpaired) electrons. The van der Waals surface area contributed by atoms with Crippen molar-refractivity contribution in [3.05, 3.63) is 69.5 Å². The van der Waals surface area contributed by atoms with Crippen LogP contribution in [0.25, 0.3) is 16.2 Å². The van der Waals surface area contributed by atoms with E-state index in [2.05, 4.69) is 15.0 Å². The predicted octanol–water partition coefficient (Wildman–Crippen LogP) is 2.42. The second-order valence-corrected chi connectivity index (χ2v) is 10.7. The maximum Gasteiger partial charge on any atom is 0.341 e. The first-order valence-corrected chi connectivity index (χ1v) is 14.0. The van der Waals surface area contributed by atoms with Crippen LogP contribution < -0.4 is 15.2 Å². The third kappa shape index (κ3) is 6.15. The largest absolute Gasteiger partial charge is 0.477 e. The molecule has 42 heavy (non-hydrogen) atoms. The van der Waals surface area contributed by atoms with E-state index >= 15 is 4.39 Å². The summed E-state index contributed by atoms with van der Waals surface area (Å²) in [5.41, 5.74) is 0.285. The van der Waals surface area contributed by atoms with Crippen molar-refractivity contribution in [3.63, 3.8) is 0 Å². The monoisotopic (exact) mass is 596 g/mol. The van der Waals surface area contributed by atoms with Crippen LogP contribution in [0.15, 0.2) is 47.0 Å². The molecule has 0 unspecified atom stereocenters. The first-order chi connectivity index (χ1) is 20.3. The Balaban J connectivity index is 1.25. The predicted molar refractivity (Wildman–Crippen MR) is 155 cm³/mol. The van der Waals surface area contributed by atoms with Gasteiger partial charge in [-0.05, 0) is 18.2 Å². The number of ether oxygens (including phenoxy) is 2. The van der Waals surface area contributed by atoms with Crippen LogP contribution in [-0.4, -0.2) is 90.0 Å². The van der Waals surface area contributed by atoms with Crippen molar-refractivity contribution in [2.45, 2.75) is 6.42 Å². The van der Waals surface area contributed by atoms with Gasteiger partial charge in [0.25, 0.3) is 0 Å². The quantitative estimate of drug-likeness (QED) is 0.228. The topological polar surface area (TPSA) is 140 Å². The number of aromatic carboxylic acids is 1. The van der Waals surface area contributed by atoms with Crippen LogP contribution in [0.1, 0.15) is 16.1 Å². The first-order valence-electron chi connectivity index (χ1n) is 13.2. The van der Waals surface area contributed by atoms with Crippen molar-refractivity contribution in [1.29, 1.82) is 0 Å². The van der Waals surface area contributed by atoms with Crippen LogP contribution in [0.2, 0.25) is 0 Å². The smallest absolute Gasteiger partial charge is 0.341 e. The molecule has 4 aromatic rings. The van der Waals surface area contributed by atoms with Crippen molar-refractivity contribution in [2.75, 3.05) is 63.4 Å². The van der Waals surface area contributed by atoms with Crippen LogP contribution >= 0.6 is 11.3 Å². The molecule has 1 saturated heterocycles. The van der Waals surface area contributed by atoms with Gasteiger partial charge < -0.3 is 24.4 Å². The molecule has 5 heterocycles. The summed E-state index contributed by atoms with van der Waals surface area (Å²) in [5, 5.41) is 11.4. The van der Waals surface area contributed by atoms with Crippen LogP contribution in [0.5, 0.6) is 0 Å². The Bertz CT molecular complexity index is 1640. The molecule has 0 amide bonds. The van der Waals surface area contributed by atoms with Gasteiger partial charge in [-0.3, -0.25) is 19.1 Å². The SMILES string of the molecule is COCCOCCN(C)c1ccc(CC(=O)C2CN(c3nc4c(cc3F)c(=O)c(C(=O)O)cn4-c3nccs3)C2)nc1. The molecule has 0 spiro atoms. The second-order valence-electron chi connectivity index (χ2n) is 9.81. The van der Waals surface area contributed by atoms with Crippen LogP contribution in [0.4, 0.5) is 15.9 Å². The second kappa shape index (κ2) is 12.7. The maximum atomic E-state index is 15.2. The van der Waals surface area contributed by atoms with Gasteiger partial charge in [-0.15, -0.1) is 11.3 Å². The molecular formula is C28H29FN6O6S. The number of anilines is 2. The highest BCUT2D eigenvalue weighted by Crippen LogP contribution is 2.29. The number of halogens is 1. The van der Waals surface area contributed by atoms with Gasteiger partial charge in [0.05, 0.1) is 43.0 Å². The minimum absolute atomic E-state index is 0.0154. The molecule has 14 heteroatoms. The van der Waals surface area contributed by atoms with Crippen LogP contribution in [0.3, 0.4) is 0 Å². The number of hydrogen-bond acceptors (Lipinski definition) is 11. The first kappa shape index (κ1) is 29.2. The lowest BCUT2D eigenvalue weighted by Crippen LogP contribution is -2.51. The number of thiazole rings is 1. The highest BCUT2D eigenvalue weighted by atomic mass is 32.1. The molecule has 1 aliphatic rings. The lowest BCUT2D eigenvalue weighted by Gasteiger charge is -2.39. The lowest BCUT2D eigenvalue weighted by atomic mass is 9.92. The van der Waals surface area contributed by atoms with Gasteiger partial charge in [0.2, 0.25) is 5.43 Å². The number of carbonyl (C=O) groups is 2. The molecule has 1 aliphatic heterocycles. The number of hydrogen-bond donors (Lipinski definition) is 1. The van der Waals surface area contributed by atoms with E-state index in [0.717, 1.165) is 18.0 Å². The summed E-state index contributed by atoms with van der Waals surface area (Å²) in [7, 11) is 3.56. The number of carboxylic acid groups (broad SMARTS) is 1. The maximum absolute atomic E-state index is 15.2. The number of aromatic nitrogens is 4. The Labute approximate surface area is 244 Å². The number of carboxylic acids is 1. The molecule has 4 aromatic heterocycles. The minimum atomic E-state index is -1.43. The van der Waals surface area contributed by atoms with Gasteiger partial charge in [-0.1, -0.05) is 0 Å². The summed E-state index contributed by atoms with van der Waals surface area (Å²) in [5.74, 6) is -2.57. The summed E-state index contributed by atoms with van der Waals surface area (Å²) < 4.78 is 27.0. The number of Topliss-reactive ketones (excluding diaryl/α,β-unsaturated/α-hetero) is 1. The van der Waals surface area contributed by atoms with E-state index in [9.17, 15) is 19.5 Å². The van der Waals surface area contributed by atoms with E-state index in [1.54, 1.807) is 23.6 Å². The van der Waals surface area contributed by atoms with Crippen molar-refractivity contribution in [2.24, 2.45) is 5.92 Å². The van der Waals surface area contributed by atoms with Crippen LogP contribution in [-0.2, 0) is 20.7 Å². The highest BCUT2D eigenvalue weighted by molar-refractivity contribution is 7.12. The highest BCUT2D eigenvalue weighted by Gasteiger charge is 2.35. The third-order valence-electron chi connectivity index (χ3n) is 7.01. The van der Waals surface area contributed by atoms with Gasteiger partial charge in [-0.2, -0.15) is 0 Å². The Kier molecular flexibility index (Phi) is 8.85. The number of pyridine rings is 3. The minimum Gasteiger partial charge on any atom is -0.477 e. The average Bonchev–Trinajstić information content (AvgIpc) is 3.48. The van der Waals surface area contributed by atoms with E-state index in [4.69, 9.17) is 9.47 Å². The molecule has 0 saturated carbocycles.